The van der Waals surface area contributed by atoms with Crippen LogP contribution in [0.1, 0.15) is 11.4 Å². The van der Waals surface area contributed by atoms with Gasteiger partial charge in [0.1, 0.15) is 17.5 Å². The number of aromatic nitrogens is 2. The Labute approximate surface area is 116 Å². The van der Waals surface area contributed by atoms with Crippen molar-refractivity contribution in [1.29, 1.82) is 0 Å². The predicted octanol–water partition coefficient (Wildman–Crippen LogP) is 4.19. The maximum Gasteiger partial charge on any atom is 0.139 e. The molecule has 0 saturated heterocycles. The number of H-pyrrole nitrogens is 1. The van der Waals surface area contributed by atoms with Gasteiger partial charge in [-0.3, -0.25) is 0 Å². The summed E-state index contributed by atoms with van der Waals surface area (Å²) < 4.78 is 27.3. The quantitative estimate of drug-likeness (QED) is 0.752. The third-order valence-electron chi connectivity index (χ3n) is 2.89. The summed E-state index contributed by atoms with van der Waals surface area (Å²) in [5.41, 5.74) is 1.81. The number of hydrogen-bond acceptors (Lipinski definition) is 1. The van der Waals surface area contributed by atoms with E-state index in [0.29, 0.717) is 33.3 Å². The second-order valence-corrected chi connectivity index (χ2v) is 5.09. The van der Waals surface area contributed by atoms with Crippen LogP contribution in [0.3, 0.4) is 0 Å². The molecule has 0 amide bonds. The fourth-order valence-corrected chi connectivity index (χ4v) is 2.29. The minimum absolute atomic E-state index is 0.268. The number of benzene rings is 2. The molecule has 19 heavy (non-hydrogen) atoms. The Balaban J connectivity index is 2.00. The van der Waals surface area contributed by atoms with E-state index in [2.05, 4.69) is 25.9 Å². The van der Waals surface area contributed by atoms with Crippen molar-refractivity contribution in [2.45, 2.75) is 6.42 Å². The number of aromatic amines is 1. The van der Waals surface area contributed by atoms with Gasteiger partial charge >= 0.3 is 0 Å². The summed E-state index contributed by atoms with van der Waals surface area (Å²) in [7, 11) is 0. The van der Waals surface area contributed by atoms with E-state index in [1.54, 1.807) is 24.3 Å². The summed E-state index contributed by atoms with van der Waals surface area (Å²) in [6.07, 6.45) is 0.348. The number of nitrogens with zero attached hydrogens (tertiary/aromatic N) is 1. The second-order valence-electron chi connectivity index (χ2n) is 4.24. The number of rotatable bonds is 2. The van der Waals surface area contributed by atoms with Gasteiger partial charge in [-0.15, -0.1) is 0 Å². The molecule has 0 bridgehead atoms. The highest BCUT2D eigenvalue weighted by Crippen LogP contribution is 2.22. The van der Waals surface area contributed by atoms with Gasteiger partial charge in [0.15, 0.2) is 0 Å². The summed E-state index contributed by atoms with van der Waals surface area (Å²) in [6, 6.07) is 9.51. The summed E-state index contributed by atoms with van der Waals surface area (Å²) >= 11 is 3.12. The van der Waals surface area contributed by atoms with Gasteiger partial charge in [-0.1, -0.05) is 18.2 Å². The van der Waals surface area contributed by atoms with E-state index < -0.39 is 0 Å². The van der Waals surface area contributed by atoms with Crippen LogP contribution in [-0.2, 0) is 6.42 Å². The molecule has 0 unspecified atom stereocenters. The Morgan fingerprint density at radius 3 is 2.68 bits per heavy atom. The number of hydrogen-bond donors (Lipinski definition) is 1. The molecule has 0 aliphatic carbocycles. The molecule has 5 heteroatoms. The van der Waals surface area contributed by atoms with Gasteiger partial charge in [0, 0.05) is 12.5 Å². The zero-order valence-electron chi connectivity index (χ0n) is 9.75. The molecule has 96 valence electrons. The van der Waals surface area contributed by atoms with Crippen molar-refractivity contribution in [3.63, 3.8) is 0 Å². The van der Waals surface area contributed by atoms with E-state index in [4.69, 9.17) is 0 Å². The zero-order valence-corrected chi connectivity index (χ0v) is 11.3. The Kier molecular flexibility index (Phi) is 3.06. The number of imidazole rings is 1. The van der Waals surface area contributed by atoms with Crippen molar-refractivity contribution >= 4 is 27.0 Å². The average molecular weight is 323 g/mol. The van der Waals surface area contributed by atoms with Crippen LogP contribution in [0.15, 0.2) is 40.9 Å². The first-order valence-corrected chi connectivity index (χ1v) is 6.50. The van der Waals surface area contributed by atoms with Crippen molar-refractivity contribution in [2.75, 3.05) is 0 Å². The van der Waals surface area contributed by atoms with E-state index in [9.17, 15) is 8.78 Å². The highest BCUT2D eigenvalue weighted by atomic mass is 79.9. The molecule has 2 nitrogen and oxygen atoms in total. The van der Waals surface area contributed by atoms with Gasteiger partial charge in [0.2, 0.25) is 0 Å². The van der Waals surface area contributed by atoms with Crippen LogP contribution in [-0.4, -0.2) is 9.97 Å². The monoisotopic (exact) mass is 322 g/mol. The average Bonchev–Trinajstić information content (AvgIpc) is 2.74. The lowest BCUT2D eigenvalue weighted by atomic mass is 10.1. The third kappa shape index (κ3) is 2.38. The first kappa shape index (κ1) is 12.3. The van der Waals surface area contributed by atoms with Crippen molar-refractivity contribution in [3.05, 3.63) is 63.9 Å². The summed E-state index contributed by atoms with van der Waals surface area (Å²) in [5, 5.41) is 0. The van der Waals surface area contributed by atoms with E-state index in [0.717, 1.165) is 0 Å². The Bertz CT molecular complexity index is 713. The molecule has 0 radical (unpaired) electrons. The molecule has 0 aliphatic heterocycles. The van der Waals surface area contributed by atoms with Crippen LogP contribution in [0, 0.1) is 11.6 Å². The minimum atomic E-state index is -0.353. The standard InChI is InChI=1S/C14H9BrF2N2/c15-9-6-12-13(7-11(9)17)19-14(18-12)5-8-3-1-2-4-10(8)16/h1-4,6-7H,5H2,(H,18,19). The van der Waals surface area contributed by atoms with E-state index in [-0.39, 0.29) is 11.6 Å². The number of nitrogens with one attached hydrogen (secondary N) is 1. The third-order valence-corrected chi connectivity index (χ3v) is 3.50. The molecular formula is C14H9BrF2N2. The van der Waals surface area contributed by atoms with Crippen molar-refractivity contribution < 1.29 is 8.78 Å². The lowest BCUT2D eigenvalue weighted by molar-refractivity contribution is 0.612. The summed E-state index contributed by atoms with van der Waals surface area (Å²) in [5.74, 6) is -0.0125. The highest BCUT2D eigenvalue weighted by molar-refractivity contribution is 9.10. The highest BCUT2D eigenvalue weighted by Gasteiger charge is 2.09. The second kappa shape index (κ2) is 4.74. The first-order valence-electron chi connectivity index (χ1n) is 5.70. The lowest BCUT2D eigenvalue weighted by Crippen LogP contribution is -1.93. The number of fused-ring (bicyclic) bond motifs is 1. The zero-order chi connectivity index (χ0) is 13.4. The van der Waals surface area contributed by atoms with Gasteiger partial charge < -0.3 is 4.98 Å². The Hall–Kier alpha value is -1.75. The first-order chi connectivity index (χ1) is 9.13. The van der Waals surface area contributed by atoms with E-state index in [1.807, 2.05) is 0 Å². The molecule has 2 aromatic carbocycles. The molecule has 3 aromatic rings. The molecule has 0 spiro atoms. The molecule has 0 aliphatic rings. The molecule has 0 fully saturated rings. The molecule has 0 saturated carbocycles. The Morgan fingerprint density at radius 1 is 1.11 bits per heavy atom. The van der Waals surface area contributed by atoms with Crippen LogP contribution in [0.5, 0.6) is 0 Å². The summed E-state index contributed by atoms with van der Waals surface area (Å²) in [6.45, 7) is 0. The maximum absolute atomic E-state index is 13.5. The predicted molar refractivity (Wildman–Crippen MR) is 73.0 cm³/mol. The van der Waals surface area contributed by atoms with Gasteiger partial charge in [-0.2, -0.15) is 0 Å². The van der Waals surface area contributed by atoms with Gasteiger partial charge in [-0.05, 0) is 33.6 Å². The van der Waals surface area contributed by atoms with Gasteiger partial charge in [0.25, 0.3) is 0 Å². The molecule has 1 aromatic heterocycles. The SMILES string of the molecule is Fc1cc2[nH]c(Cc3ccccc3F)nc2cc1Br. The Morgan fingerprint density at radius 2 is 1.89 bits per heavy atom. The van der Waals surface area contributed by atoms with Crippen LogP contribution in [0.4, 0.5) is 8.78 Å². The van der Waals surface area contributed by atoms with Gasteiger partial charge in [0.05, 0.1) is 15.5 Å². The van der Waals surface area contributed by atoms with Crippen LogP contribution >= 0.6 is 15.9 Å². The topological polar surface area (TPSA) is 28.7 Å². The fraction of sp³-hybridized carbons (Fsp3) is 0.0714. The fourth-order valence-electron chi connectivity index (χ4n) is 1.96. The smallest absolute Gasteiger partial charge is 0.139 e. The van der Waals surface area contributed by atoms with Crippen LogP contribution in [0.25, 0.3) is 11.0 Å². The summed E-state index contributed by atoms with van der Waals surface area (Å²) in [4.78, 5) is 7.33. The molecule has 0 atom stereocenters. The van der Waals surface area contributed by atoms with E-state index >= 15 is 0 Å². The lowest BCUT2D eigenvalue weighted by Gasteiger charge is -1.99. The molecule has 1 heterocycles. The van der Waals surface area contributed by atoms with Gasteiger partial charge in [-0.25, -0.2) is 13.8 Å². The van der Waals surface area contributed by atoms with Crippen molar-refractivity contribution in [1.82, 2.24) is 9.97 Å². The van der Waals surface area contributed by atoms with E-state index in [1.165, 1.54) is 12.1 Å². The molecule has 3 rings (SSSR count). The van der Waals surface area contributed by atoms with Crippen LogP contribution < -0.4 is 0 Å². The number of halogens is 3. The molecular weight excluding hydrogens is 314 g/mol. The largest absolute Gasteiger partial charge is 0.342 e. The normalized spacial score (nSPS) is 11.1. The van der Waals surface area contributed by atoms with Crippen molar-refractivity contribution in [2.24, 2.45) is 0 Å². The molecule has 1 N–H and O–H groups in total. The van der Waals surface area contributed by atoms with Crippen LogP contribution in [0.2, 0.25) is 0 Å². The van der Waals surface area contributed by atoms with Crippen molar-refractivity contribution in [3.8, 4) is 0 Å². The minimum Gasteiger partial charge on any atom is -0.342 e. The maximum atomic E-state index is 13.5.